The maximum absolute atomic E-state index is 12.0. The van der Waals surface area contributed by atoms with Gasteiger partial charge in [-0.2, -0.15) is 0 Å². The third-order valence-electron chi connectivity index (χ3n) is 3.29. The summed E-state index contributed by atoms with van der Waals surface area (Å²) in [6, 6.07) is 19.2. The van der Waals surface area contributed by atoms with Gasteiger partial charge in [0.05, 0.1) is 7.11 Å². The molecule has 0 heterocycles. The molecule has 0 aromatic heterocycles. The SMILES string of the molecule is COC(=O)C(NC(C)c1ccccc1)c1ccccc1. The molecule has 2 unspecified atom stereocenters. The number of esters is 1. The van der Waals surface area contributed by atoms with Crippen LogP contribution in [0.3, 0.4) is 0 Å². The maximum atomic E-state index is 12.0. The van der Waals surface area contributed by atoms with Crippen LogP contribution >= 0.6 is 0 Å². The van der Waals surface area contributed by atoms with E-state index in [2.05, 4.69) is 5.32 Å². The second kappa shape index (κ2) is 6.87. The van der Waals surface area contributed by atoms with Crippen LogP contribution in [0, 0.1) is 0 Å². The molecule has 3 heteroatoms. The summed E-state index contributed by atoms with van der Waals surface area (Å²) in [6.07, 6.45) is 0. The lowest BCUT2D eigenvalue weighted by Gasteiger charge is -2.22. The Bertz CT molecular complexity index is 539. The molecule has 0 bridgehead atoms. The molecule has 2 atom stereocenters. The number of ether oxygens (including phenoxy) is 1. The number of hydrogen-bond donors (Lipinski definition) is 1. The van der Waals surface area contributed by atoms with Crippen LogP contribution in [0.2, 0.25) is 0 Å². The monoisotopic (exact) mass is 269 g/mol. The standard InChI is InChI=1S/C17H19NO2/c1-13(14-9-5-3-6-10-14)18-16(17(19)20-2)15-11-7-4-8-12-15/h3-13,16,18H,1-2H3. The van der Waals surface area contributed by atoms with Gasteiger partial charge in [0.2, 0.25) is 0 Å². The third kappa shape index (κ3) is 3.45. The van der Waals surface area contributed by atoms with E-state index in [0.717, 1.165) is 11.1 Å². The van der Waals surface area contributed by atoms with E-state index < -0.39 is 6.04 Å². The first kappa shape index (κ1) is 14.3. The first-order valence-electron chi connectivity index (χ1n) is 6.66. The van der Waals surface area contributed by atoms with Gasteiger partial charge < -0.3 is 4.74 Å². The molecule has 0 saturated carbocycles. The molecule has 0 spiro atoms. The molecule has 3 nitrogen and oxygen atoms in total. The Hall–Kier alpha value is -2.13. The maximum Gasteiger partial charge on any atom is 0.327 e. The summed E-state index contributed by atoms with van der Waals surface area (Å²) in [5.74, 6) is -0.279. The van der Waals surface area contributed by atoms with Crippen LogP contribution < -0.4 is 5.32 Å². The zero-order chi connectivity index (χ0) is 14.4. The van der Waals surface area contributed by atoms with Crippen LogP contribution in [-0.2, 0) is 9.53 Å². The number of carbonyl (C=O) groups excluding carboxylic acids is 1. The molecule has 20 heavy (non-hydrogen) atoms. The van der Waals surface area contributed by atoms with Gasteiger partial charge in [-0.3, -0.25) is 5.32 Å². The van der Waals surface area contributed by atoms with Crippen LogP contribution in [-0.4, -0.2) is 13.1 Å². The molecule has 0 aliphatic heterocycles. The minimum Gasteiger partial charge on any atom is -0.468 e. The summed E-state index contributed by atoms with van der Waals surface area (Å²) in [5.41, 5.74) is 2.04. The van der Waals surface area contributed by atoms with Crippen molar-refractivity contribution in [2.45, 2.75) is 19.0 Å². The van der Waals surface area contributed by atoms with E-state index in [1.807, 2.05) is 67.6 Å². The predicted molar refractivity (Wildman–Crippen MR) is 79.2 cm³/mol. The Morgan fingerprint density at radius 2 is 1.45 bits per heavy atom. The molecule has 0 saturated heterocycles. The van der Waals surface area contributed by atoms with Crippen molar-refractivity contribution >= 4 is 5.97 Å². The number of nitrogens with one attached hydrogen (secondary N) is 1. The number of benzene rings is 2. The highest BCUT2D eigenvalue weighted by Gasteiger charge is 2.23. The van der Waals surface area contributed by atoms with E-state index in [9.17, 15) is 4.79 Å². The average Bonchev–Trinajstić information content (AvgIpc) is 2.53. The average molecular weight is 269 g/mol. The third-order valence-corrected chi connectivity index (χ3v) is 3.29. The van der Waals surface area contributed by atoms with E-state index >= 15 is 0 Å². The molecule has 0 aliphatic carbocycles. The summed E-state index contributed by atoms with van der Waals surface area (Å²) in [7, 11) is 1.41. The molecule has 0 amide bonds. The topological polar surface area (TPSA) is 38.3 Å². The van der Waals surface area contributed by atoms with Crippen molar-refractivity contribution in [3.63, 3.8) is 0 Å². The molecule has 0 radical (unpaired) electrons. The minimum absolute atomic E-state index is 0.0560. The lowest BCUT2D eigenvalue weighted by atomic mass is 10.0. The normalized spacial score (nSPS) is 13.5. The molecule has 104 valence electrons. The summed E-state index contributed by atoms with van der Waals surface area (Å²) >= 11 is 0. The van der Waals surface area contributed by atoms with E-state index in [1.54, 1.807) is 0 Å². The Kier molecular flexibility index (Phi) is 4.91. The van der Waals surface area contributed by atoms with Crippen LogP contribution in [0.25, 0.3) is 0 Å². The number of hydrogen-bond acceptors (Lipinski definition) is 3. The fraction of sp³-hybridized carbons (Fsp3) is 0.235. The number of rotatable bonds is 5. The largest absolute Gasteiger partial charge is 0.468 e. The molecule has 2 aromatic carbocycles. The first-order valence-corrected chi connectivity index (χ1v) is 6.66. The highest BCUT2D eigenvalue weighted by atomic mass is 16.5. The van der Waals surface area contributed by atoms with Gasteiger partial charge in [-0.1, -0.05) is 60.7 Å². The Morgan fingerprint density at radius 3 is 1.95 bits per heavy atom. The van der Waals surface area contributed by atoms with E-state index in [1.165, 1.54) is 7.11 Å². The number of methoxy groups -OCH3 is 1. The molecule has 2 aromatic rings. The summed E-state index contributed by atoms with van der Waals surface area (Å²) in [4.78, 5) is 12.0. The van der Waals surface area contributed by atoms with Crippen LogP contribution in [0.1, 0.15) is 30.1 Å². The van der Waals surface area contributed by atoms with Crippen molar-refractivity contribution in [1.82, 2.24) is 5.32 Å². The quantitative estimate of drug-likeness (QED) is 0.847. The summed E-state index contributed by atoms with van der Waals surface area (Å²) in [5, 5.41) is 3.33. The Balaban J connectivity index is 2.19. The first-order chi connectivity index (χ1) is 9.72. The zero-order valence-corrected chi connectivity index (χ0v) is 11.7. The fourth-order valence-corrected chi connectivity index (χ4v) is 2.15. The van der Waals surface area contributed by atoms with Gasteiger partial charge in [-0.25, -0.2) is 4.79 Å². The van der Waals surface area contributed by atoms with Crippen molar-refractivity contribution < 1.29 is 9.53 Å². The smallest absolute Gasteiger partial charge is 0.327 e. The van der Waals surface area contributed by atoms with Crippen molar-refractivity contribution in [3.05, 3.63) is 71.8 Å². The zero-order valence-electron chi connectivity index (χ0n) is 11.7. The van der Waals surface area contributed by atoms with Crippen molar-refractivity contribution in [3.8, 4) is 0 Å². The fourth-order valence-electron chi connectivity index (χ4n) is 2.15. The van der Waals surface area contributed by atoms with Gasteiger partial charge >= 0.3 is 5.97 Å². The predicted octanol–water partition coefficient (Wildman–Crippen LogP) is 3.25. The van der Waals surface area contributed by atoms with E-state index in [4.69, 9.17) is 4.74 Å². The Labute approximate surface area is 119 Å². The van der Waals surface area contributed by atoms with Crippen molar-refractivity contribution in [2.24, 2.45) is 0 Å². The van der Waals surface area contributed by atoms with Gasteiger partial charge in [-0.05, 0) is 18.1 Å². The highest BCUT2D eigenvalue weighted by molar-refractivity contribution is 5.77. The second-order valence-corrected chi connectivity index (χ2v) is 4.67. The van der Waals surface area contributed by atoms with Gasteiger partial charge in [0.15, 0.2) is 0 Å². The molecular formula is C17H19NO2. The molecule has 0 aliphatic rings. The number of carbonyl (C=O) groups is 1. The summed E-state index contributed by atoms with van der Waals surface area (Å²) < 4.78 is 4.90. The molecule has 0 fully saturated rings. The van der Waals surface area contributed by atoms with Crippen LogP contribution in [0.4, 0.5) is 0 Å². The van der Waals surface area contributed by atoms with Crippen LogP contribution in [0.15, 0.2) is 60.7 Å². The Morgan fingerprint density at radius 1 is 0.950 bits per heavy atom. The lowest BCUT2D eigenvalue weighted by Crippen LogP contribution is -2.31. The van der Waals surface area contributed by atoms with Gasteiger partial charge in [0.25, 0.3) is 0 Å². The van der Waals surface area contributed by atoms with Gasteiger partial charge in [0, 0.05) is 6.04 Å². The summed E-state index contributed by atoms with van der Waals surface area (Å²) in [6.45, 7) is 2.04. The highest BCUT2D eigenvalue weighted by Crippen LogP contribution is 2.20. The lowest BCUT2D eigenvalue weighted by molar-refractivity contribution is -0.143. The van der Waals surface area contributed by atoms with E-state index in [-0.39, 0.29) is 12.0 Å². The molecule has 1 N–H and O–H groups in total. The van der Waals surface area contributed by atoms with Gasteiger partial charge in [-0.15, -0.1) is 0 Å². The molecule has 2 rings (SSSR count). The van der Waals surface area contributed by atoms with Crippen LogP contribution in [0.5, 0.6) is 0 Å². The van der Waals surface area contributed by atoms with Gasteiger partial charge in [0.1, 0.15) is 6.04 Å². The minimum atomic E-state index is -0.462. The van der Waals surface area contributed by atoms with E-state index in [0.29, 0.717) is 0 Å². The molecular weight excluding hydrogens is 250 g/mol. The second-order valence-electron chi connectivity index (χ2n) is 4.67. The van der Waals surface area contributed by atoms with Crippen molar-refractivity contribution in [1.29, 1.82) is 0 Å². The van der Waals surface area contributed by atoms with Crippen molar-refractivity contribution in [2.75, 3.05) is 7.11 Å².